The van der Waals surface area contributed by atoms with Crippen molar-refractivity contribution in [3.05, 3.63) is 34.1 Å². The molecule has 0 aliphatic rings. The van der Waals surface area contributed by atoms with Gasteiger partial charge in [0.05, 0.1) is 16.6 Å². The molecule has 1 aromatic carbocycles. The fourth-order valence-electron chi connectivity index (χ4n) is 1.80. The van der Waals surface area contributed by atoms with Crippen molar-refractivity contribution in [1.29, 1.82) is 0 Å². The van der Waals surface area contributed by atoms with Crippen molar-refractivity contribution in [2.45, 2.75) is 33.2 Å². The Bertz CT molecular complexity index is 541. The number of carbonyl (C=O) groups excluding carboxylic acids is 2. The van der Waals surface area contributed by atoms with Crippen molar-refractivity contribution in [3.63, 3.8) is 0 Å². The fraction of sp³-hybridized carbons (Fsp3) is 0.467. The molecule has 1 N–H and O–H groups in total. The van der Waals surface area contributed by atoms with Crippen LogP contribution in [0.3, 0.4) is 0 Å². The van der Waals surface area contributed by atoms with Crippen molar-refractivity contribution in [2.75, 3.05) is 13.1 Å². The minimum atomic E-state index is -0.504. The quantitative estimate of drug-likeness (QED) is 0.899. The van der Waals surface area contributed by atoms with Gasteiger partial charge in [-0.15, -0.1) is 0 Å². The smallest absolute Gasteiger partial charge is 0.255 e. The van der Waals surface area contributed by atoms with Gasteiger partial charge in [-0.3, -0.25) is 9.59 Å². The molecule has 0 heterocycles. The molecule has 0 bridgehead atoms. The molecule has 0 unspecified atom stereocenters. The summed E-state index contributed by atoms with van der Waals surface area (Å²) in [6.45, 7) is 7.68. The zero-order chi connectivity index (χ0) is 16.2. The SMILES string of the molecule is CCN(CC(=O)NC(C)(C)C)C(=O)c1cccc(F)c1Br. The Morgan fingerprint density at radius 1 is 1.33 bits per heavy atom. The van der Waals surface area contributed by atoms with Crippen molar-refractivity contribution in [2.24, 2.45) is 0 Å². The summed E-state index contributed by atoms with van der Waals surface area (Å²) in [6, 6.07) is 4.26. The fourth-order valence-corrected chi connectivity index (χ4v) is 2.23. The largest absolute Gasteiger partial charge is 0.350 e. The van der Waals surface area contributed by atoms with E-state index in [1.54, 1.807) is 6.92 Å². The van der Waals surface area contributed by atoms with Crippen LogP contribution in [0.4, 0.5) is 4.39 Å². The van der Waals surface area contributed by atoms with Crippen LogP contribution in [-0.4, -0.2) is 35.3 Å². The van der Waals surface area contributed by atoms with E-state index in [0.29, 0.717) is 6.54 Å². The molecule has 0 fully saturated rings. The van der Waals surface area contributed by atoms with Gasteiger partial charge in [-0.25, -0.2) is 4.39 Å². The number of hydrogen-bond acceptors (Lipinski definition) is 2. The number of carbonyl (C=O) groups is 2. The van der Waals surface area contributed by atoms with E-state index in [0.717, 1.165) is 0 Å². The summed E-state index contributed by atoms with van der Waals surface area (Å²) in [5, 5.41) is 2.80. The van der Waals surface area contributed by atoms with E-state index < -0.39 is 5.82 Å². The molecule has 0 spiro atoms. The van der Waals surface area contributed by atoms with Gasteiger partial charge in [0.2, 0.25) is 5.91 Å². The van der Waals surface area contributed by atoms with E-state index >= 15 is 0 Å². The van der Waals surface area contributed by atoms with E-state index in [9.17, 15) is 14.0 Å². The van der Waals surface area contributed by atoms with Gasteiger partial charge >= 0.3 is 0 Å². The summed E-state index contributed by atoms with van der Waals surface area (Å²) >= 11 is 3.07. The topological polar surface area (TPSA) is 49.4 Å². The van der Waals surface area contributed by atoms with E-state index in [-0.39, 0.29) is 33.9 Å². The molecule has 6 heteroatoms. The van der Waals surface area contributed by atoms with Gasteiger partial charge in [0.1, 0.15) is 5.82 Å². The van der Waals surface area contributed by atoms with Crippen LogP contribution in [-0.2, 0) is 4.79 Å². The lowest BCUT2D eigenvalue weighted by Gasteiger charge is -2.25. The molecule has 1 aromatic rings. The number of nitrogens with zero attached hydrogens (tertiary/aromatic N) is 1. The van der Waals surface area contributed by atoms with E-state index in [1.807, 2.05) is 20.8 Å². The summed E-state index contributed by atoms with van der Waals surface area (Å²) in [7, 11) is 0. The number of rotatable bonds is 4. The maximum absolute atomic E-state index is 13.5. The van der Waals surface area contributed by atoms with Gasteiger partial charge in [0.25, 0.3) is 5.91 Å². The van der Waals surface area contributed by atoms with Crippen LogP contribution >= 0.6 is 15.9 Å². The Morgan fingerprint density at radius 3 is 2.48 bits per heavy atom. The van der Waals surface area contributed by atoms with E-state index in [1.165, 1.54) is 23.1 Å². The second-order valence-electron chi connectivity index (χ2n) is 5.72. The second kappa shape index (κ2) is 7.02. The Hall–Kier alpha value is -1.43. The van der Waals surface area contributed by atoms with E-state index in [4.69, 9.17) is 0 Å². The van der Waals surface area contributed by atoms with E-state index in [2.05, 4.69) is 21.2 Å². The normalized spacial score (nSPS) is 11.1. The molecule has 0 saturated carbocycles. The van der Waals surface area contributed by atoms with Crippen molar-refractivity contribution < 1.29 is 14.0 Å². The lowest BCUT2D eigenvalue weighted by molar-refractivity contribution is -0.123. The van der Waals surface area contributed by atoms with Crippen molar-refractivity contribution >= 4 is 27.7 Å². The average Bonchev–Trinajstić information content (AvgIpc) is 2.36. The molecule has 0 aromatic heterocycles. The monoisotopic (exact) mass is 358 g/mol. The number of nitrogens with one attached hydrogen (secondary N) is 1. The van der Waals surface area contributed by atoms with Crippen LogP contribution in [0.5, 0.6) is 0 Å². The molecule has 4 nitrogen and oxygen atoms in total. The van der Waals surface area contributed by atoms with Crippen molar-refractivity contribution in [3.8, 4) is 0 Å². The van der Waals surface area contributed by atoms with Crippen LogP contribution in [0.2, 0.25) is 0 Å². The summed E-state index contributed by atoms with van der Waals surface area (Å²) in [4.78, 5) is 25.7. The molecule has 2 amide bonds. The third kappa shape index (κ3) is 5.12. The van der Waals surface area contributed by atoms with Gasteiger partial charge in [-0.1, -0.05) is 6.07 Å². The molecule has 116 valence electrons. The summed E-state index contributed by atoms with van der Waals surface area (Å²) in [5.41, 5.74) is -0.153. The first-order valence-electron chi connectivity index (χ1n) is 6.70. The Balaban J connectivity index is 2.87. The van der Waals surface area contributed by atoms with Gasteiger partial charge in [-0.2, -0.15) is 0 Å². The summed E-state index contributed by atoms with van der Waals surface area (Å²) < 4.78 is 13.6. The molecular weight excluding hydrogens is 339 g/mol. The van der Waals surface area contributed by atoms with Crippen molar-refractivity contribution in [1.82, 2.24) is 10.2 Å². The van der Waals surface area contributed by atoms with Gasteiger partial charge in [0.15, 0.2) is 0 Å². The highest BCUT2D eigenvalue weighted by Crippen LogP contribution is 2.21. The molecule has 0 radical (unpaired) electrons. The zero-order valence-corrected chi connectivity index (χ0v) is 14.3. The van der Waals surface area contributed by atoms with Gasteiger partial charge in [0, 0.05) is 12.1 Å². The lowest BCUT2D eigenvalue weighted by atomic mass is 10.1. The summed E-state index contributed by atoms with van der Waals surface area (Å²) in [5.74, 6) is -1.13. The number of benzene rings is 1. The standard InChI is InChI=1S/C15H20BrFN2O2/c1-5-19(9-12(20)18-15(2,3)4)14(21)10-7-6-8-11(17)13(10)16/h6-8H,5,9H2,1-4H3,(H,18,20). The number of hydrogen-bond donors (Lipinski definition) is 1. The highest BCUT2D eigenvalue weighted by atomic mass is 79.9. The highest BCUT2D eigenvalue weighted by Gasteiger charge is 2.22. The first-order chi connectivity index (χ1) is 9.65. The highest BCUT2D eigenvalue weighted by molar-refractivity contribution is 9.10. The predicted octanol–water partition coefficient (Wildman–Crippen LogP) is 2.97. The molecular formula is C15H20BrFN2O2. The third-order valence-corrected chi connectivity index (χ3v) is 3.51. The van der Waals surface area contributed by atoms with Crippen LogP contribution in [0.1, 0.15) is 38.1 Å². The molecule has 0 saturated heterocycles. The first kappa shape index (κ1) is 17.6. The minimum absolute atomic E-state index is 0.0600. The molecule has 0 aliphatic carbocycles. The van der Waals surface area contributed by atoms with Crippen LogP contribution in [0.15, 0.2) is 22.7 Å². The molecule has 1 rings (SSSR count). The number of halogens is 2. The van der Waals surface area contributed by atoms with Gasteiger partial charge in [-0.05, 0) is 55.8 Å². The maximum Gasteiger partial charge on any atom is 0.255 e. The van der Waals surface area contributed by atoms with Crippen LogP contribution < -0.4 is 5.32 Å². The Labute approximate surface area is 132 Å². The average molecular weight is 359 g/mol. The Morgan fingerprint density at radius 2 is 1.95 bits per heavy atom. The van der Waals surface area contributed by atoms with Crippen LogP contribution in [0, 0.1) is 5.82 Å². The lowest BCUT2D eigenvalue weighted by Crippen LogP contribution is -2.47. The summed E-state index contributed by atoms with van der Waals surface area (Å²) in [6.07, 6.45) is 0. The molecule has 0 atom stereocenters. The third-order valence-electron chi connectivity index (χ3n) is 2.70. The first-order valence-corrected chi connectivity index (χ1v) is 7.49. The number of amides is 2. The van der Waals surface area contributed by atoms with Gasteiger partial charge < -0.3 is 10.2 Å². The second-order valence-corrected chi connectivity index (χ2v) is 6.51. The Kier molecular flexibility index (Phi) is 5.89. The predicted molar refractivity (Wildman–Crippen MR) is 83.6 cm³/mol. The molecule has 0 aliphatic heterocycles. The minimum Gasteiger partial charge on any atom is -0.350 e. The zero-order valence-electron chi connectivity index (χ0n) is 12.7. The number of likely N-dealkylation sites (N-methyl/N-ethyl adjacent to an activating group) is 1. The van der Waals surface area contributed by atoms with Crippen LogP contribution in [0.25, 0.3) is 0 Å². The molecule has 21 heavy (non-hydrogen) atoms. The maximum atomic E-state index is 13.5.